The summed E-state index contributed by atoms with van der Waals surface area (Å²) >= 11 is 0. The van der Waals surface area contributed by atoms with Crippen molar-refractivity contribution in [3.05, 3.63) is 29.3 Å². The van der Waals surface area contributed by atoms with Gasteiger partial charge in [-0.2, -0.15) is 0 Å². The smallest absolute Gasteiger partial charge is 0.309 e. The summed E-state index contributed by atoms with van der Waals surface area (Å²) in [5.74, 6) is -3.93. The zero-order chi connectivity index (χ0) is 28.6. The number of esters is 1. The average Bonchev–Trinajstić information content (AvgIpc) is 3.07. The first-order chi connectivity index (χ1) is 17.9. The van der Waals surface area contributed by atoms with Crippen molar-refractivity contribution < 1.29 is 33.5 Å². The minimum atomic E-state index is -0.767. The van der Waals surface area contributed by atoms with E-state index in [4.69, 9.17) is 9.84 Å². The quantitative estimate of drug-likeness (QED) is 0.216. The number of rotatable bonds is 14. The molecule has 4 atom stereocenters. The average molecular weight is 533 g/mol. The molecule has 1 fully saturated rings. The molecule has 38 heavy (non-hydrogen) atoms. The number of ether oxygens (including phenoxy) is 1. The Hall–Kier alpha value is -2.78. The number of quaternary nitrogens is 1. The molecule has 0 saturated carbocycles. The molecule has 4 unspecified atom stereocenters. The van der Waals surface area contributed by atoms with E-state index in [1.165, 1.54) is 4.90 Å². The molecule has 0 radical (unpaired) electrons. The lowest BCUT2D eigenvalue weighted by atomic mass is 9.83. The molecule has 2 N–H and O–H groups in total. The number of likely N-dealkylation sites (N-methyl/N-ethyl adjacent to an activating group) is 1. The van der Waals surface area contributed by atoms with Gasteiger partial charge in [0.05, 0.1) is 58.4 Å². The molecule has 9 nitrogen and oxygen atoms in total. The van der Waals surface area contributed by atoms with E-state index in [1.807, 2.05) is 53.2 Å². The number of anilines is 1. The molecular weight excluding hydrogens is 486 g/mol. The van der Waals surface area contributed by atoms with Gasteiger partial charge in [-0.25, -0.2) is 4.90 Å². The third kappa shape index (κ3) is 7.86. The second kappa shape index (κ2) is 13.8. The summed E-state index contributed by atoms with van der Waals surface area (Å²) in [6.45, 7) is 8.23. The minimum absolute atomic E-state index is 0.0960. The summed E-state index contributed by atoms with van der Waals surface area (Å²) in [4.78, 5) is 54.2. The highest BCUT2D eigenvalue weighted by Crippen LogP contribution is 2.39. The van der Waals surface area contributed by atoms with Crippen LogP contribution in [-0.4, -0.2) is 80.7 Å². The van der Waals surface area contributed by atoms with Crippen molar-refractivity contribution in [1.82, 2.24) is 5.32 Å². The maximum absolute atomic E-state index is 13.7. The van der Waals surface area contributed by atoms with E-state index in [1.54, 1.807) is 13.8 Å². The molecule has 212 valence electrons. The Balaban J connectivity index is 2.26. The number of hydrogen-bond donors (Lipinski definition) is 2. The van der Waals surface area contributed by atoms with Gasteiger partial charge in [-0.1, -0.05) is 45.9 Å². The number of benzene rings is 1. The van der Waals surface area contributed by atoms with Gasteiger partial charge in [0.25, 0.3) is 0 Å². The van der Waals surface area contributed by atoms with Crippen molar-refractivity contribution in [1.29, 1.82) is 0 Å². The van der Waals surface area contributed by atoms with Gasteiger partial charge in [-0.3, -0.25) is 19.2 Å². The van der Waals surface area contributed by atoms with Gasteiger partial charge in [0.2, 0.25) is 17.7 Å². The lowest BCUT2D eigenvalue weighted by Gasteiger charge is -2.25. The fourth-order valence-corrected chi connectivity index (χ4v) is 4.97. The number of aryl methyl sites for hydroxylation is 2. The van der Waals surface area contributed by atoms with Crippen molar-refractivity contribution in [2.75, 3.05) is 52.3 Å². The SMILES string of the molecule is CCc1cccc(CC)c1N1C(=O)C(C)C(CC(CC(C)C(=O)NCC[N+](C)(C)C)C(=O)OCCO)C1=O. The Bertz CT molecular complexity index is 980. The van der Waals surface area contributed by atoms with Crippen LogP contribution in [0.5, 0.6) is 0 Å². The van der Waals surface area contributed by atoms with E-state index in [2.05, 4.69) is 5.32 Å². The van der Waals surface area contributed by atoms with E-state index in [-0.39, 0.29) is 43.8 Å². The number of hydrogen-bond acceptors (Lipinski definition) is 6. The summed E-state index contributed by atoms with van der Waals surface area (Å²) in [6.07, 6.45) is 1.63. The fraction of sp³-hybridized carbons (Fsp3) is 0.655. The molecule has 0 aliphatic carbocycles. The number of imide groups is 1. The van der Waals surface area contributed by atoms with Crippen molar-refractivity contribution in [3.8, 4) is 0 Å². The summed E-state index contributed by atoms with van der Waals surface area (Å²) in [6, 6.07) is 5.80. The number of carbonyl (C=O) groups is 4. The minimum Gasteiger partial charge on any atom is -0.463 e. The number of nitrogens with zero attached hydrogens (tertiary/aromatic N) is 2. The maximum atomic E-state index is 13.7. The Morgan fingerprint density at radius 2 is 1.71 bits per heavy atom. The van der Waals surface area contributed by atoms with Crippen molar-refractivity contribution >= 4 is 29.4 Å². The third-order valence-electron chi connectivity index (χ3n) is 7.31. The first kappa shape index (κ1) is 31.4. The molecular formula is C29H46N3O6+. The lowest BCUT2D eigenvalue weighted by Crippen LogP contribution is -2.43. The molecule has 3 amide bonds. The second-order valence-corrected chi connectivity index (χ2v) is 11.3. The Morgan fingerprint density at radius 3 is 2.24 bits per heavy atom. The molecule has 1 saturated heterocycles. The van der Waals surface area contributed by atoms with Crippen molar-refractivity contribution in [2.24, 2.45) is 23.7 Å². The highest BCUT2D eigenvalue weighted by molar-refractivity contribution is 6.22. The monoisotopic (exact) mass is 532 g/mol. The van der Waals surface area contributed by atoms with Gasteiger partial charge in [-0.15, -0.1) is 0 Å². The molecule has 0 bridgehead atoms. The fourth-order valence-electron chi connectivity index (χ4n) is 4.97. The number of carbonyl (C=O) groups excluding carboxylic acids is 4. The Labute approximate surface area is 227 Å². The van der Waals surface area contributed by atoms with Gasteiger partial charge in [0.1, 0.15) is 6.61 Å². The molecule has 9 heteroatoms. The predicted octanol–water partition coefficient (Wildman–Crippen LogP) is 2.33. The third-order valence-corrected chi connectivity index (χ3v) is 7.31. The van der Waals surface area contributed by atoms with Gasteiger partial charge < -0.3 is 19.6 Å². The highest BCUT2D eigenvalue weighted by Gasteiger charge is 2.48. The maximum Gasteiger partial charge on any atom is 0.309 e. The van der Waals surface area contributed by atoms with E-state index >= 15 is 0 Å². The van der Waals surface area contributed by atoms with Crippen molar-refractivity contribution in [3.63, 3.8) is 0 Å². The van der Waals surface area contributed by atoms with E-state index in [0.717, 1.165) is 17.7 Å². The number of para-hydroxylation sites is 1. The zero-order valence-electron chi connectivity index (χ0n) is 24.1. The normalized spacial score (nSPS) is 19.4. The van der Waals surface area contributed by atoms with Crippen LogP contribution in [0.25, 0.3) is 0 Å². The first-order valence-corrected chi connectivity index (χ1v) is 13.7. The van der Waals surface area contributed by atoms with Crippen LogP contribution in [-0.2, 0) is 36.8 Å². The standard InChI is InChI=1S/C29H45N3O6/c1-8-21-11-10-12-22(9-2)25(21)31-27(35)20(4)24(28(31)36)18-23(29(37)38-16-15-33)17-19(3)26(34)30-13-14-32(5,6)7/h10-12,19-20,23-24,33H,8-9,13-18H2,1-7H3/p+1. The van der Waals surface area contributed by atoms with Crippen LogP contribution >= 0.6 is 0 Å². The summed E-state index contributed by atoms with van der Waals surface area (Å²) in [5, 5.41) is 12.1. The molecule has 1 aromatic carbocycles. The summed E-state index contributed by atoms with van der Waals surface area (Å²) < 4.78 is 5.93. The van der Waals surface area contributed by atoms with Crippen LogP contribution in [0.15, 0.2) is 18.2 Å². The largest absolute Gasteiger partial charge is 0.463 e. The number of nitrogens with one attached hydrogen (secondary N) is 1. The van der Waals surface area contributed by atoms with Crippen LogP contribution in [0.2, 0.25) is 0 Å². The molecule has 1 aliphatic rings. The Morgan fingerprint density at radius 1 is 1.11 bits per heavy atom. The number of aliphatic hydroxyl groups excluding tert-OH is 1. The summed E-state index contributed by atoms with van der Waals surface area (Å²) in [5.41, 5.74) is 2.51. The molecule has 1 aliphatic heterocycles. The van der Waals surface area contributed by atoms with E-state index in [9.17, 15) is 19.2 Å². The highest BCUT2D eigenvalue weighted by atomic mass is 16.5. The van der Waals surface area contributed by atoms with Crippen LogP contribution in [0, 0.1) is 23.7 Å². The van der Waals surface area contributed by atoms with E-state index < -0.39 is 29.6 Å². The Kier molecular flexibility index (Phi) is 11.5. The van der Waals surface area contributed by atoms with Gasteiger partial charge in [-0.05, 0) is 36.8 Å². The predicted molar refractivity (Wildman–Crippen MR) is 146 cm³/mol. The zero-order valence-corrected chi connectivity index (χ0v) is 24.1. The van der Waals surface area contributed by atoms with Crippen LogP contribution in [0.4, 0.5) is 5.69 Å². The molecule has 2 rings (SSSR count). The van der Waals surface area contributed by atoms with Crippen LogP contribution < -0.4 is 10.2 Å². The van der Waals surface area contributed by atoms with Gasteiger partial charge in [0.15, 0.2) is 0 Å². The first-order valence-electron chi connectivity index (χ1n) is 13.7. The molecule has 1 aromatic rings. The lowest BCUT2D eigenvalue weighted by molar-refractivity contribution is -0.869. The molecule has 0 aromatic heterocycles. The second-order valence-electron chi connectivity index (χ2n) is 11.3. The number of amides is 3. The van der Waals surface area contributed by atoms with E-state index in [0.29, 0.717) is 29.6 Å². The molecule has 0 spiro atoms. The van der Waals surface area contributed by atoms with Gasteiger partial charge in [0, 0.05) is 11.8 Å². The molecule has 1 heterocycles. The summed E-state index contributed by atoms with van der Waals surface area (Å²) in [7, 11) is 6.11. The van der Waals surface area contributed by atoms with Gasteiger partial charge >= 0.3 is 5.97 Å². The number of aliphatic hydroxyl groups is 1. The van der Waals surface area contributed by atoms with Crippen molar-refractivity contribution in [2.45, 2.75) is 53.4 Å². The van der Waals surface area contributed by atoms with Crippen LogP contribution in [0.1, 0.15) is 51.7 Å². The topological polar surface area (TPSA) is 113 Å². The van der Waals surface area contributed by atoms with Crippen LogP contribution in [0.3, 0.4) is 0 Å².